The van der Waals surface area contributed by atoms with Crippen LogP contribution in [0.25, 0.3) is 32.4 Å². The molecule has 4 nitrogen and oxygen atoms in total. The highest BCUT2D eigenvalue weighted by Gasteiger charge is 2.27. The van der Waals surface area contributed by atoms with E-state index >= 15 is 0 Å². The fraction of sp³-hybridized carbons (Fsp3) is 0.185. The van der Waals surface area contributed by atoms with Gasteiger partial charge >= 0.3 is 0 Å². The standard InChI is InChI=1S/C27H22ClN3OS/c28-21-8-3-1-6-18(21)17-11-13-31(14-12-17)27(32)23-16-20-19-7-2-4-9-22(19)29-25(20)26(30-23)24-10-5-15-33-24/h1-10,15-17,29H,11-14H2. The first-order valence-corrected chi connectivity index (χ1v) is 12.4. The Morgan fingerprint density at radius 1 is 1.00 bits per heavy atom. The molecule has 1 aliphatic heterocycles. The van der Waals surface area contributed by atoms with Crippen LogP contribution in [0.15, 0.2) is 72.1 Å². The second-order valence-corrected chi connectivity index (χ2v) is 9.87. The van der Waals surface area contributed by atoms with Gasteiger partial charge < -0.3 is 9.88 Å². The molecule has 4 heterocycles. The van der Waals surface area contributed by atoms with Crippen molar-refractivity contribution in [2.75, 3.05) is 13.1 Å². The van der Waals surface area contributed by atoms with Gasteiger partial charge in [0.05, 0.1) is 10.4 Å². The number of para-hydroxylation sites is 1. The zero-order valence-corrected chi connectivity index (χ0v) is 19.5. The molecule has 2 aromatic carbocycles. The molecule has 1 N–H and O–H groups in total. The van der Waals surface area contributed by atoms with E-state index in [-0.39, 0.29) is 5.91 Å². The number of rotatable bonds is 3. The first-order chi connectivity index (χ1) is 16.2. The Hall–Kier alpha value is -3.15. The Morgan fingerprint density at radius 3 is 2.58 bits per heavy atom. The summed E-state index contributed by atoms with van der Waals surface area (Å²) in [5.41, 5.74) is 4.56. The Balaban J connectivity index is 1.35. The number of nitrogens with zero attached hydrogens (tertiary/aromatic N) is 2. The molecule has 0 aliphatic carbocycles. The SMILES string of the molecule is O=C(c1cc2c([nH]c3ccccc32)c(-c2cccs2)n1)N1CCC(c2ccccc2Cl)CC1. The molecule has 1 fully saturated rings. The van der Waals surface area contributed by atoms with Crippen molar-refractivity contribution in [1.29, 1.82) is 0 Å². The highest BCUT2D eigenvalue weighted by Crippen LogP contribution is 2.36. The molecule has 0 saturated carbocycles. The van der Waals surface area contributed by atoms with Crippen molar-refractivity contribution in [3.63, 3.8) is 0 Å². The van der Waals surface area contributed by atoms with Gasteiger partial charge in [0, 0.05) is 34.4 Å². The molecule has 1 amide bonds. The summed E-state index contributed by atoms with van der Waals surface area (Å²) in [6.07, 6.45) is 1.81. The molecular weight excluding hydrogens is 450 g/mol. The minimum atomic E-state index is -0.00223. The lowest BCUT2D eigenvalue weighted by Crippen LogP contribution is -2.38. The molecule has 0 radical (unpaired) electrons. The summed E-state index contributed by atoms with van der Waals surface area (Å²) in [5, 5.41) is 5.01. The number of carbonyl (C=O) groups is 1. The number of aromatic amines is 1. The lowest BCUT2D eigenvalue weighted by Gasteiger charge is -2.32. The zero-order chi connectivity index (χ0) is 22.4. The van der Waals surface area contributed by atoms with Gasteiger partial charge in [-0.1, -0.05) is 54.1 Å². The molecule has 0 unspecified atom stereocenters. The van der Waals surface area contributed by atoms with Crippen molar-refractivity contribution in [1.82, 2.24) is 14.9 Å². The number of hydrogen-bond acceptors (Lipinski definition) is 3. The number of nitrogens with one attached hydrogen (secondary N) is 1. The molecule has 6 rings (SSSR count). The fourth-order valence-corrected chi connectivity index (χ4v) is 5.92. The summed E-state index contributed by atoms with van der Waals surface area (Å²) in [6.45, 7) is 1.41. The molecule has 0 spiro atoms. The highest BCUT2D eigenvalue weighted by atomic mass is 35.5. The number of carbonyl (C=O) groups excluding carboxylic acids is 1. The number of pyridine rings is 1. The van der Waals surface area contributed by atoms with E-state index in [1.165, 1.54) is 5.56 Å². The van der Waals surface area contributed by atoms with E-state index in [1.807, 2.05) is 52.7 Å². The van der Waals surface area contributed by atoms with Crippen LogP contribution in [0.3, 0.4) is 0 Å². The number of aromatic nitrogens is 2. The number of H-pyrrole nitrogens is 1. The van der Waals surface area contributed by atoms with Gasteiger partial charge in [-0.05, 0) is 54.0 Å². The molecule has 33 heavy (non-hydrogen) atoms. The molecule has 3 aromatic heterocycles. The van der Waals surface area contributed by atoms with Crippen molar-refractivity contribution in [3.8, 4) is 10.6 Å². The van der Waals surface area contributed by atoms with Gasteiger partial charge in [0.15, 0.2) is 0 Å². The molecule has 0 bridgehead atoms. The maximum Gasteiger partial charge on any atom is 0.272 e. The zero-order valence-electron chi connectivity index (χ0n) is 17.9. The first-order valence-electron chi connectivity index (χ1n) is 11.2. The summed E-state index contributed by atoms with van der Waals surface area (Å²) in [6, 6.07) is 22.3. The van der Waals surface area contributed by atoms with Crippen LogP contribution < -0.4 is 0 Å². The first kappa shape index (κ1) is 20.5. The fourth-order valence-electron chi connectivity index (χ4n) is 4.91. The van der Waals surface area contributed by atoms with E-state index in [4.69, 9.17) is 16.6 Å². The van der Waals surface area contributed by atoms with Gasteiger partial charge in [-0.15, -0.1) is 11.3 Å². The lowest BCUT2D eigenvalue weighted by atomic mass is 9.89. The third kappa shape index (κ3) is 3.62. The summed E-state index contributed by atoms with van der Waals surface area (Å²) in [7, 11) is 0. The number of piperidine rings is 1. The third-order valence-electron chi connectivity index (χ3n) is 6.60. The lowest BCUT2D eigenvalue weighted by molar-refractivity contribution is 0.0707. The highest BCUT2D eigenvalue weighted by molar-refractivity contribution is 7.13. The van der Waals surface area contributed by atoms with E-state index in [9.17, 15) is 4.79 Å². The number of fused-ring (bicyclic) bond motifs is 3. The maximum atomic E-state index is 13.6. The number of benzene rings is 2. The summed E-state index contributed by atoms with van der Waals surface area (Å²) >= 11 is 8.05. The van der Waals surface area contributed by atoms with Gasteiger partial charge in [-0.25, -0.2) is 4.98 Å². The van der Waals surface area contributed by atoms with Gasteiger partial charge in [0.25, 0.3) is 5.91 Å². The van der Waals surface area contributed by atoms with E-state index < -0.39 is 0 Å². The van der Waals surface area contributed by atoms with Crippen LogP contribution in [0, 0.1) is 0 Å². The van der Waals surface area contributed by atoms with E-state index in [2.05, 4.69) is 29.2 Å². The third-order valence-corrected chi connectivity index (χ3v) is 7.82. The van der Waals surface area contributed by atoms with Crippen molar-refractivity contribution >= 4 is 50.7 Å². The minimum Gasteiger partial charge on any atom is -0.353 e. The van der Waals surface area contributed by atoms with Crippen LogP contribution in [-0.4, -0.2) is 33.9 Å². The average Bonchev–Trinajstić information content (AvgIpc) is 3.52. The number of amides is 1. The Morgan fingerprint density at radius 2 is 1.79 bits per heavy atom. The number of thiophene rings is 1. The summed E-state index contributed by atoms with van der Waals surface area (Å²) < 4.78 is 0. The average molecular weight is 472 g/mol. The quantitative estimate of drug-likeness (QED) is 0.304. The van der Waals surface area contributed by atoms with E-state index in [0.29, 0.717) is 24.7 Å². The molecule has 164 valence electrons. The Bertz CT molecular complexity index is 1470. The number of halogens is 1. The second-order valence-electron chi connectivity index (χ2n) is 8.51. The summed E-state index contributed by atoms with van der Waals surface area (Å²) in [4.78, 5) is 24.9. The van der Waals surface area contributed by atoms with Crippen molar-refractivity contribution in [3.05, 3.63) is 88.4 Å². The number of likely N-dealkylation sites (tertiary alicyclic amines) is 1. The van der Waals surface area contributed by atoms with Crippen LogP contribution >= 0.6 is 22.9 Å². The molecule has 0 atom stereocenters. The van der Waals surface area contributed by atoms with Crippen LogP contribution in [0.1, 0.15) is 34.8 Å². The maximum absolute atomic E-state index is 13.6. The predicted octanol–water partition coefficient (Wildman–Crippen LogP) is 7.12. The predicted molar refractivity (Wildman–Crippen MR) is 136 cm³/mol. The molecule has 6 heteroatoms. The van der Waals surface area contributed by atoms with Crippen molar-refractivity contribution in [2.45, 2.75) is 18.8 Å². The topological polar surface area (TPSA) is 49.0 Å². The smallest absolute Gasteiger partial charge is 0.272 e. The molecule has 5 aromatic rings. The summed E-state index contributed by atoms with van der Waals surface area (Å²) in [5.74, 6) is 0.381. The molecular formula is C27H22ClN3OS. The largest absolute Gasteiger partial charge is 0.353 e. The van der Waals surface area contributed by atoms with Crippen LogP contribution in [-0.2, 0) is 0 Å². The van der Waals surface area contributed by atoms with Crippen LogP contribution in [0.5, 0.6) is 0 Å². The van der Waals surface area contributed by atoms with Gasteiger partial charge in [-0.2, -0.15) is 0 Å². The monoisotopic (exact) mass is 471 g/mol. The second kappa shape index (κ2) is 8.32. The Labute approximate surface area is 200 Å². The normalized spacial score (nSPS) is 14.9. The minimum absolute atomic E-state index is 0.00223. The Kier molecular flexibility index (Phi) is 5.16. The molecule has 1 aliphatic rings. The van der Waals surface area contributed by atoms with Gasteiger partial charge in [0.2, 0.25) is 0 Å². The van der Waals surface area contributed by atoms with Gasteiger partial charge in [-0.3, -0.25) is 4.79 Å². The van der Waals surface area contributed by atoms with Crippen LogP contribution in [0.4, 0.5) is 0 Å². The molecule has 1 saturated heterocycles. The number of hydrogen-bond donors (Lipinski definition) is 1. The van der Waals surface area contributed by atoms with Crippen LogP contribution in [0.2, 0.25) is 5.02 Å². The van der Waals surface area contributed by atoms with Gasteiger partial charge in [0.1, 0.15) is 11.4 Å². The van der Waals surface area contributed by atoms with Crippen molar-refractivity contribution in [2.24, 2.45) is 0 Å². The van der Waals surface area contributed by atoms with E-state index in [1.54, 1.807) is 11.3 Å². The van der Waals surface area contributed by atoms with E-state index in [0.717, 1.165) is 50.2 Å². The van der Waals surface area contributed by atoms with Crippen molar-refractivity contribution < 1.29 is 4.79 Å².